The van der Waals surface area contributed by atoms with Gasteiger partial charge in [-0.25, -0.2) is 4.98 Å². The summed E-state index contributed by atoms with van der Waals surface area (Å²) in [5.74, 6) is -0.179. The summed E-state index contributed by atoms with van der Waals surface area (Å²) >= 11 is 1.54. The number of rotatable bonds is 4. The summed E-state index contributed by atoms with van der Waals surface area (Å²) in [5, 5.41) is 6.80. The Labute approximate surface area is 115 Å². The van der Waals surface area contributed by atoms with Gasteiger partial charge in [0.1, 0.15) is 0 Å². The summed E-state index contributed by atoms with van der Waals surface area (Å²) in [4.78, 5) is 19.1. The van der Waals surface area contributed by atoms with Crippen molar-refractivity contribution >= 4 is 22.9 Å². The van der Waals surface area contributed by atoms with Crippen LogP contribution in [0, 0.1) is 6.92 Å². The summed E-state index contributed by atoms with van der Waals surface area (Å²) in [6.07, 6.45) is 0.726. The second-order valence-electron chi connectivity index (χ2n) is 4.34. The summed E-state index contributed by atoms with van der Waals surface area (Å²) in [6, 6.07) is 0. The quantitative estimate of drug-likeness (QED) is 0.889. The molecule has 2 heterocycles. The molecule has 0 aromatic carbocycles. The van der Waals surface area contributed by atoms with Crippen LogP contribution in [0.5, 0.6) is 0 Å². The third-order valence-corrected chi connectivity index (χ3v) is 3.93. The van der Waals surface area contributed by atoms with Crippen LogP contribution in [0.2, 0.25) is 0 Å². The highest BCUT2D eigenvalue weighted by Crippen LogP contribution is 2.19. The number of nitrogens with one attached hydrogen (secondary N) is 1. The second-order valence-corrected chi connectivity index (χ2v) is 5.28. The zero-order valence-electron chi connectivity index (χ0n) is 11.2. The minimum Gasteiger partial charge on any atom is -0.395 e. The first-order chi connectivity index (χ1) is 9.04. The minimum absolute atomic E-state index is 0.179. The van der Waals surface area contributed by atoms with E-state index in [1.807, 2.05) is 13.8 Å². The van der Waals surface area contributed by atoms with E-state index >= 15 is 0 Å². The van der Waals surface area contributed by atoms with E-state index in [2.05, 4.69) is 15.2 Å². The van der Waals surface area contributed by atoms with Crippen LogP contribution < -0.4 is 5.73 Å². The van der Waals surface area contributed by atoms with Gasteiger partial charge in [-0.3, -0.25) is 9.89 Å². The number of nitrogens with two attached hydrogens (primary N) is 1. The number of aromatic amines is 1. The van der Waals surface area contributed by atoms with Crippen molar-refractivity contribution in [3.05, 3.63) is 27.5 Å². The fraction of sp³-hybridized carbons (Fsp3) is 0.417. The Kier molecular flexibility index (Phi) is 3.84. The zero-order valence-corrected chi connectivity index (χ0v) is 12.0. The van der Waals surface area contributed by atoms with Crippen molar-refractivity contribution in [2.24, 2.45) is 0 Å². The Bertz CT molecular complexity index is 589. The molecule has 19 heavy (non-hydrogen) atoms. The van der Waals surface area contributed by atoms with Crippen LogP contribution in [0.4, 0.5) is 5.69 Å². The standard InChI is InChI=1S/C12H17N5OS/c1-4-8-10(13)11(16-15-8)12(18)17(3)5-9-7(2)14-6-19-9/h6H,4-5,13H2,1-3H3,(H,15,16). The normalized spacial score (nSPS) is 10.7. The summed E-state index contributed by atoms with van der Waals surface area (Å²) in [6.45, 7) is 4.41. The van der Waals surface area contributed by atoms with Crippen molar-refractivity contribution in [3.8, 4) is 0 Å². The second kappa shape index (κ2) is 5.40. The average Bonchev–Trinajstić information content (AvgIpc) is 2.95. The van der Waals surface area contributed by atoms with Crippen molar-refractivity contribution in [2.45, 2.75) is 26.8 Å². The molecule has 102 valence electrons. The molecule has 3 N–H and O–H groups in total. The van der Waals surface area contributed by atoms with Crippen molar-refractivity contribution in [3.63, 3.8) is 0 Å². The first-order valence-corrected chi connectivity index (χ1v) is 6.89. The molecule has 0 saturated heterocycles. The number of aromatic nitrogens is 3. The lowest BCUT2D eigenvalue weighted by molar-refractivity contribution is 0.0781. The lowest BCUT2D eigenvalue weighted by atomic mass is 10.2. The summed E-state index contributed by atoms with van der Waals surface area (Å²) in [5.41, 5.74) is 10.2. The van der Waals surface area contributed by atoms with E-state index in [9.17, 15) is 4.79 Å². The number of aryl methyl sites for hydroxylation is 2. The highest BCUT2D eigenvalue weighted by Gasteiger charge is 2.20. The van der Waals surface area contributed by atoms with Crippen LogP contribution in [0.3, 0.4) is 0 Å². The summed E-state index contributed by atoms with van der Waals surface area (Å²) in [7, 11) is 1.74. The fourth-order valence-electron chi connectivity index (χ4n) is 1.77. The zero-order chi connectivity index (χ0) is 14.0. The number of carbonyl (C=O) groups excluding carboxylic acids is 1. The predicted octanol–water partition coefficient (Wildman–Crippen LogP) is 1.59. The molecule has 0 aliphatic rings. The third-order valence-electron chi connectivity index (χ3n) is 3.01. The van der Waals surface area contributed by atoms with Gasteiger partial charge in [0.05, 0.1) is 29.1 Å². The van der Waals surface area contributed by atoms with E-state index < -0.39 is 0 Å². The van der Waals surface area contributed by atoms with Gasteiger partial charge >= 0.3 is 0 Å². The van der Waals surface area contributed by atoms with E-state index in [-0.39, 0.29) is 5.91 Å². The molecule has 2 aromatic heterocycles. The van der Waals surface area contributed by atoms with Crippen LogP contribution in [0.1, 0.15) is 33.7 Å². The van der Waals surface area contributed by atoms with E-state index in [1.54, 1.807) is 17.5 Å². The maximum atomic E-state index is 12.3. The first-order valence-electron chi connectivity index (χ1n) is 6.01. The van der Waals surface area contributed by atoms with Crippen molar-refractivity contribution < 1.29 is 4.79 Å². The number of anilines is 1. The smallest absolute Gasteiger partial charge is 0.276 e. The highest BCUT2D eigenvalue weighted by molar-refractivity contribution is 7.09. The molecular formula is C12H17N5OS. The fourth-order valence-corrected chi connectivity index (χ4v) is 2.59. The van der Waals surface area contributed by atoms with Gasteiger partial charge < -0.3 is 10.6 Å². The largest absolute Gasteiger partial charge is 0.395 e. The molecule has 0 bridgehead atoms. The van der Waals surface area contributed by atoms with Crippen LogP contribution in [-0.2, 0) is 13.0 Å². The summed E-state index contributed by atoms with van der Waals surface area (Å²) < 4.78 is 0. The molecule has 0 atom stereocenters. The van der Waals surface area contributed by atoms with E-state index in [1.165, 1.54) is 11.3 Å². The molecule has 0 aliphatic carbocycles. The van der Waals surface area contributed by atoms with Gasteiger partial charge in [0, 0.05) is 11.9 Å². The van der Waals surface area contributed by atoms with Crippen LogP contribution in [0.15, 0.2) is 5.51 Å². The number of nitrogen functional groups attached to an aromatic ring is 1. The van der Waals surface area contributed by atoms with Gasteiger partial charge in [-0.05, 0) is 13.3 Å². The maximum absolute atomic E-state index is 12.3. The SMILES string of the molecule is CCc1[nH]nc(C(=O)N(C)Cc2scnc2C)c1N. The van der Waals surface area contributed by atoms with E-state index in [0.717, 1.165) is 22.7 Å². The Balaban J connectivity index is 2.15. The lowest BCUT2D eigenvalue weighted by Gasteiger charge is -2.15. The van der Waals surface area contributed by atoms with E-state index in [0.29, 0.717) is 17.9 Å². The molecule has 0 radical (unpaired) electrons. The number of nitrogens with zero attached hydrogens (tertiary/aromatic N) is 3. The molecule has 2 aromatic rings. The molecule has 6 nitrogen and oxygen atoms in total. The highest BCUT2D eigenvalue weighted by atomic mass is 32.1. The van der Waals surface area contributed by atoms with E-state index in [4.69, 9.17) is 5.73 Å². The molecule has 2 rings (SSSR count). The Morgan fingerprint density at radius 3 is 2.84 bits per heavy atom. The Hall–Kier alpha value is -1.89. The number of hydrogen-bond acceptors (Lipinski definition) is 5. The monoisotopic (exact) mass is 279 g/mol. The number of carbonyl (C=O) groups is 1. The van der Waals surface area contributed by atoms with Crippen LogP contribution in [0.25, 0.3) is 0 Å². The topological polar surface area (TPSA) is 87.9 Å². The number of H-pyrrole nitrogens is 1. The maximum Gasteiger partial charge on any atom is 0.276 e. The number of amides is 1. The van der Waals surface area contributed by atoms with Gasteiger partial charge in [-0.2, -0.15) is 5.10 Å². The molecule has 7 heteroatoms. The Morgan fingerprint density at radius 1 is 1.58 bits per heavy atom. The van der Waals surface area contributed by atoms with Gasteiger partial charge in [0.2, 0.25) is 0 Å². The molecule has 0 aliphatic heterocycles. The molecule has 0 unspecified atom stereocenters. The molecule has 0 saturated carbocycles. The van der Waals surface area contributed by atoms with Gasteiger partial charge in [0.15, 0.2) is 5.69 Å². The van der Waals surface area contributed by atoms with Gasteiger partial charge in [0.25, 0.3) is 5.91 Å². The predicted molar refractivity (Wildman–Crippen MR) is 75.0 cm³/mol. The molecular weight excluding hydrogens is 262 g/mol. The van der Waals surface area contributed by atoms with Crippen LogP contribution >= 0.6 is 11.3 Å². The number of thiazole rings is 1. The van der Waals surface area contributed by atoms with Crippen LogP contribution in [-0.4, -0.2) is 33.0 Å². The number of hydrogen-bond donors (Lipinski definition) is 2. The lowest BCUT2D eigenvalue weighted by Crippen LogP contribution is -2.27. The van der Waals surface area contributed by atoms with Gasteiger partial charge in [-0.15, -0.1) is 11.3 Å². The molecule has 0 spiro atoms. The third kappa shape index (κ3) is 2.60. The van der Waals surface area contributed by atoms with Crippen molar-refractivity contribution in [1.82, 2.24) is 20.1 Å². The average molecular weight is 279 g/mol. The van der Waals surface area contributed by atoms with Crippen molar-refractivity contribution in [1.29, 1.82) is 0 Å². The van der Waals surface area contributed by atoms with Crippen molar-refractivity contribution in [2.75, 3.05) is 12.8 Å². The first kappa shape index (κ1) is 13.5. The minimum atomic E-state index is -0.179. The Morgan fingerprint density at radius 2 is 2.32 bits per heavy atom. The molecule has 0 fully saturated rings. The van der Waals surface area contributed by atoms with Gasteiger partial charge in [-0.1, -0.05) is 6.92 Å². The molecule has 1 amide bonds.